The topological polar surface area (TPSA) is 54.0 Å². The summed E-state index contributed by atoms with van der Waals surface area (Å²) >= 11 is 0. The number of aromatic nitrogens is 3. The van der Waals surface area contributed by atoms with Crippen LogP contribution in [0.4, 0.5) is 4.39 Å². The highest BCUT2D eigenvalue weighted by Gasteiger charge is 2.21. The average molecular weight is 340 g/mol. The van der Waals surface area contributed by atoms with Gasteiger partial charge >= 0.3 is 0 Å². The molecule has 5 nitrogen and oxygen atoms in total. The third kappa shape index (κ3) is 3.35. The highest BCUT2D eigenvalue weighted by molar-refractivity contribution is 5.82. The van der Waals surface area contributed by atoms with E-state index in [-0.39, 0.29) is 0 Å². The van der Waals surface area contributed by atoms with E-state index >= 15 is 0 Å². The molecule has 0 spiro atoms. The van der Waals surface area contributed by atoms with Crippen molar-refractivity contribution < 1.29 is 9.13 Å². The van der Waals surface area contributed by atoms with Crippen LogP contribution in [-0.4, -0.2) is 46.8 Å². The Labute approximate surface area is 145 Å². The quantitative estimate of drug-likeness (QED) is 0.786. The number of hydrogen-bond acceptors (Lipinski definition) is 4. The molecule has 4 rings (SSSR count). The number of halogens is 1. The van der Waals surface area contributed by atoms with Gasteiger partial charge in [0.15, 0.2) is 0 Å². The fourth-order valence-corrected chi connectivity index (χ4v) is 3.37. The van der Waals surface area contributed by atoms with Gasteiger partial charge in [-0.05, 0) is 51.2 Å². The van der Waals surface area contributed by atoms with E-state index in [0.717, 1.165) is 54.0 Å². The van der Waals surface area contributed by atoms with Gasteiger partial charge in [-0.25, -0.2) is 14.4 Å². The van der Waals surface area contributed by atoms with Gasteiger partial charge in [0.2, 0.25) is 6.86 Å². The summed E-state index contributed by atoms with van der Waals surface area (Å²) in [5, 5.41) is 0. The minimum absolute atomic E-state index is 0.431. The largest absolute Gasteiger partial charge is 0.463 e. The van der Waals surface area contributed by atoms with Crippen LogP contribution in [0.25, 0.3) is 22.3 Å². The third-order valence-electron chi connectivity index (χ3n) is 4.84. The number of ether oxygens (including phenoxy) is 1. The van der Waals surface area contributed by atoms with Crippen molar-refractivity contribution in [1.82, 2.24) is 19.9 Å². The minimum Gasteiger partial charge on any atom is -0.463 e. The molecule has 2 aromatic heterocycles. The Bertz CT molecular complexity index is 871. The number of piperidine rings is 1. The Balaban J connectivity index is 1.63. The molecule has 1 aliphatic heterocycles. The van der Waals surface area contributed by atoms with Gasteiger partial charge in [0, 0.05) is 17.2 Å². The number of likely N-dealkylation sites (tertiary alicyclic amines) is 1. The van der Waals surface area contributed by atoms with E-state index in [1.54, 1.807) is 6.07 Å². The molecular formula is C19H21FN4O. The second-order valence-electron chi connectivity index (χ2n) is 6.57. The number of benzene rings is 1. The lowest BCUT2D eigenvalue weighted by Crippen LogP contribution is -2.29. The number of nitrogens with one attached hydrogen (secondary N) is 1. The van der Waals surface area contributed by atoms with Crippen LogP contribution < -0.4 is 4.74 Å². The predicted molar refractivity (Wildman–Crippen MR) is 95.4 cm³/mol. The lowest BCUT2D eigenvalue weighted by molar-refractivity contribution is 0.192. The van der Waals surface area contributed by atoms with Crippen molar-refractivity contribution in [2.45, 2.75) is 18.8 Å². The second kappa shape index (κ2) is 6.80. The number of hydrogen-bond donors (Lipinski definition) is 1. The highest BCUT2D eigenvalue weighted by Crippen LogP contribution is 2.29. The Morgan fingerprint density at radius 3 is 2.92 bits per heavy atom. The molecule has 25 heavy (non-hydrogen) atoms. The number of fused-ring (bicyclic) bond motifs is 1. The summed E-state index contributed by atoms with van der Waals surface area (Å²) in [4.78, 5) is 15.0. The van der Waals surface area contributed by atoms with Gasteiger partial charge in [-0.2, -0.15) is 0 Å². The molecule has 1 aliphatic rings. The summed E-state index contributed by atoms with van der Waals surface area (Å²) in [6.45, 7) is 1.35. The van der Waals surface area contributed by atoms with Crippen LogP contribution in [0.1, 0.15) is 24.6 Å². The highest BCUT2D eigenvalue weighted by atomic mass is 19.1. The van der Waals surface area contributed by atoms with Crippen LogP contribution in [-0.2, 0) is 0 Å². The molecule has 3 heterocycles. The van der Waals surface area contributed by atoms with E-state index in [2.05, 4.69) is 21.9 Å². The lowest BCUT2D eigenvalue weighted by atomic mass is 9.96. The van der Waals surface area contributed by atoms with Gasteiger partial charge < -0.3 is 14.6 Å². The van der Waals surface area contributed by atoms with E-state index in [1.165, 1.54) is 0 Å². The van der Waals surface area contributed by atoms with E-state index < -0.39 is 6.86 Å². The van der Waals surface area contributed by atoms with Crippen molar-refractivity contribution in [2.75, 3.05) is 27.0 Å². The predicted octanol–water partition coefficient (Wildman–Crippen LogP) is 3.74. The fourth-order valence-electron chi connectivity index (χ4n) is 3.37. The zero-order valence-electron chi connectivity index (χ0n) is 14.2. The Kier molecular flexibility index (Phi) is 4.36. The average Bonchev–Trinajstić information content (AvgIpc) is 3.06. The molecule has 0 unspecified atom stereocenters. The Hall–Kier alpha value is -2.47. The molecule has 1 N–H and O–H groups in total. The molecule has 1 aromatic carbocycles. The standard InChI is InChI=1S/C19H21FN4O/c1-24-7-5-13(6-8-24)19-21-11-18-17(23-19)10-16(22-18)14-3-2-4-15(9-14)25-12-20/h2-4,9-11,13,22H,5-8,12H2,1H3. The van der Waals surface area contributed by atoms with E-state index in [4.69, 9.17) is 9.72 Å². The molecule has 1 saturated heterocycles. The van der Waals surface area contributed by atoms with Gasteiger partial charge in [0.25, 0.3) is 0 Å². The molecule has 1 fully saturated rings. The summed E-state index contributed by atoms with van der Waals surface area (Å²) in [6, 6.07) is 9.38. The summed E-state index contributed by atoms with van der Waals surface area (Å²) in [5.41, 5.74) is 3.68. The van der Waals surface area contributed by atoms with E-state index in [9.17, 15) is 4.39 Å². The molecule has 0 atom stereocenters. The smallest absolute Gasteiger partial charge is 0.228 e. The number of nitrogens with zero attached hydrogens (tertiary/aromatic N) is 3. The normalized spacial score (nSPS) is 16.4. The van der Waals surface area contributed by atoms with Crippen molar-refractivity contribution in [1.29, 1.82) is 0 Å². The summed E-state index contributed by atoms with van der Waals surface area (Å²) in [5.74, 6) is 1.87. The maximum atomic E-state index is 12.4. The second-order valence-corrected chi connectivity index (χ2v) is 6.57. The van der Waals surface area contributed by atoms with E-state index in [0.29, 0.717) is 11.7 Å². The molecule has 3 aromatic rings. The maximum Gasteiger partial charge on any atom is 0.228 e. The van der Waals surface area contributed by atoms with Crippen molar-refractivity contribution in [3.63, 3.8) is 0 Å². The summed E-state index contributed by atoms with van der Waals surface area (Å²) < 4.78 is 17.3. The first kappa shape index (κ1) is 16.0. The number of aromatic amines is 1. The number of rotatable bonds is 4. The number of alkyl halides is 1. The fraction of sp³-hybridized carbons (Fsp3) is 0.368. The summed E-state index contributed by atoms with van der Waals surface area (Å²) in [6.07, 6.45) is 4.06. The van der Waals surface area contributed by atoms with Crippen LogP contribution in [0, 0.1) is 0 Å². The molecule has 0 amide bonds. The van der Waals surface area contributed by atoms with Gasteiger partial charge in [0.05, 0.1) is 17.2 Å². The minimum atomic E-state index is -0.832. The third-order valence-corrected chi connectivity index (χ3v) is 4.84. The van der Waals surface area contributed by atoms with Crippen LogP contribution >= 0.6 is 0 Å². The van der Waals surface area contributed by atoms with Crippen molar-refractivity contribution in [3.05, 3.63) is 42.4 Å². The zero-order valence-corrected chi connectivity index (χ0v) is 14.2. The van der Waals surface area contributed by atoms with Gasteiger partial charge in [-0.15, -0.1) is 0 Å². The molecule has 0 aliphatic carbocycles. The number of H-pyrrole nitrogens is 1. The first-order valence-corrected chi connectivity index (χ1v) is 8.56. The van der Waals surface area contributed by atoms with Crippen LogP contribution in [0.2, 0.25) is 0 Å². The monoisotopic (exact) mass is 340 g/mol. The van der Waals surface area contributed by atoms with Crippen molar-refractivity contribution in [3.8, 4) is 17.0 Å². The van der Waals surface area contributed by atoms with Crippen molar-refractivity contribution in [2.24, 2.45) is 0 Å². The first-order valence-electron chi connectivity index (χ1n) is 8.56. The molecule has 0 radical (unpaired) electrons. The molecular weight excluding hydrogens is 319 g/mol. The Morgan fingerprint density at radius 1 is 1.28 bits per heavy atom. The first-order chi connectivity index (χ1) is 12.2. The zero-order chi connectivity index (χ0) is 17.2. The molecule has 130 valence electrons. The Morgan fingerprint density at radius 2 is 2.12 bits per heavy atom. The SMILES string of the molecule is CN1CCC(c2ncc3[nH]c(-c4cccc(OCF)c4)cc3n2)CC1. The van der Waals surface area contributed by atoms with Crippen LogP contribution in [0.15, 0.2) is 36.5 Å². The molecule has 6 heteroatoms. The van der Waals surface area contributed by atoms with Gasteiger partial charge in [-0.1, -0.05) is 12.1 Å². The van der Waals surface area contributed by atoms with Gasteiger partial charge in [-0.3, -0.25) is 0 Å². The molecule has 0 saturated carbocycles. The summed E-state index contributed by atoms with van der Waals surface area (Å²) in [7, 11) is 2.15. The molecule has 0 bridgehead atoms. The van der Waals surface area contributed by atoms with Crippen LogP contribution in [0.5, 0.6) is 5.75 Å². The maximum absolute atomic E-state index is 12.4. The van der Waals surface area contributed by atoms with Crippen LogP contribution in [0.3, 0.4) is 0 Å². The van der Waals surface area contributed by atoms with E-state index in [1.807, 2.05) is 30.5 Å². The lowest BCUT2D eigenvalue weighted by Gasteiger charge is -2.27. The van der Waals surface area contributed by atoms with Gasteiger partial charge in [0.1, 0.15) is 11.6 Å². The van der Waals surface area contributed by atoms with Crippen molar-refractivity contribution >= 4 is 11.0 Å².